The quantitative estimate of drug-likeness (QED) is 0.306. The highest BCUT2D eigenvalue weighted by atomic mass is 16.6. The summed E-state index contributed by atoms with van der Waals surface area (Å²) in [6, 6.07) is 0. The Morgan fingerprint density at radius 2 is 1.18 bits per heavy atom. The van der Waals surface area contributed by atoms with Gasteiger partial charge in [0.25, 0.3) is 0 Å². The Morgan fingerprint density at radius 1 is 0.735 bits per heavy atom. The Balaban J connectivity index is 0.000000224. The van der Waals surface area contributed by atoms with Gasteiger partial charge in [0.15, 0.2) is 0 Å². The summed E-state index contributed by atoms with van der Waals surface area (Å²) < 4.78 is 20.7. The summed E-state index contributed by atoms with van der Waals surface area (Å²) in [5.74, 6) is 2.33. The van der Waals surface area contributed by atoms with Crippen molar-refractivity contribution in [3.05, 3.63) is 25.3 Å². The van der Waals surface area contributed by atoms with Crippen LogP contribution in [-0.4, -0.2) is 51.3 Å². The van der Waals surface area contributed by atoms with E-state index in [-0.39, 0.29) is 0 Å². The number of methoxy groups -OCH3 is 2. The molecule has 34 heavy (non-hydrogen) atoms. The average molecular weight is 481 g/mol. The van der Waals surface area contributed by atoms with Crippen LogP contribution in [0.2, 0.25) is 0 Å². The molecule has 0 aromatic rings. The predicted molar refractivity (Wildman–Crippen MR) is 144 cm³/mol. The van der Waals surface area contributed by atoms with Gasteiger partial charge in [-0.05, 0) is 76.5 Å². The fourth-order valence-corrected chi connectivity index (χ4v) is 5.01. The second-order valence-corrected chi connectivity index (χ2v) is 10.6. The van der Waals surface area contributed by atoms with E-state index in [1.807, 2.05) is 21.1 Å². The summed E-state index contributed by atoms with van der Waals surface area (Å²) in [7, 11) is 3.65. The third kappa shape index (κ3) is 14.0. The van der Waals surface area contributed by atoms with E-state index in [0.29, 0.717) is 30.5 Å². The molecule has 3 saturated carbocycles. The molecule has 5 fully saturated rings. The molecule has 8 atom stereocenters. The molecular formula is C30H56O4. The van der Waals surface area contributed by atoms with Crippen LogP contribution in [0.3, 0.4) is 0 Å². The molecule has 5 aliphatic rings. The highest BCUT2D eigenvalue weighted by Gasteiger charge is 2.42. The van der Waals surface area contributed by atoms with E-state index in [2.05, 4.69) is 40.0 Å². The molecule has 200 valence electrons. The second-order valence-electron chi connectivity index (χ2n) is 10.6. The lowest BCUT2D eigenvalue weighted by molar-refractivity contribution is 0.0309. The lowest BCUT2D eigenvalue weighted by Gasteiger charge is -2.26. The summed E-state index contributed by atoms with van der Waals surface area (Å²) in [5, 5.41) is 0. The number of fused-ring (bicyclic) bond motifs is 1. The minimum atomic E-state index is 0.554. The molecular weight excluding hydrogens is 424 g/mol. The maximum atomic E-state index is 5.36. The zero-order valence-corrected chi connectivity index (χ0v) is 23.3. The van der Waals surface area contributed by atoms with Gasteiger partial charge in [0, 0.05) is 14.2 Å². The molecule has 8 unspecified atom stereocenters. The topological polar surface area (TPSA) is 43.5 Å². The Morgan fingerprint density at radius 3 is 1.47 bits per heavy atom. The normalized spacial score (nSPS) is 37.1. The van der Waals surface area contributed by atoms with Crippen LogP contribution in [-0.2, 0) is 18.9 Å². The van der Waals surface area contributed by atoms with E-state index in [9.17, 15) is 0 Å². The van der Waals surface area contributed by atoms with Crippen molar-refractivity contribution in [3.8, 4) is 0 Å². The van der Waals surface area contributed by atoms with Crippen LogP contribution in [0.25, 0.3) is 0 Å². The molecule has 0 spiro atoms. The Kier molecular flexibility index (Phi) is 17.1. The van der Waals surface area contributed by atoms with Crippen molar-refractivity contribution in [2.24, 2.45) is 17.8 Å². The van der Waals surface area contributed by atoms with Gasteiger partial charge >= 0.3 is 0 Å². The van der Waals surface area contributed by atoms with Crippen molar-refractivity contribution in [1.29, 1.82) is 0 Å². The predicted octanol–water partition coefficient (Wildman–Crippen LogP) is 7.76. The van der Waals surface area contributed by atoms with Crippen molar-refractivity contribution < 1.29 is 18.9 Å². The average Bonchev–Trinajstić information content (AvgIpc) is 3.78. The fourth-order valence-electron chi connectivity index (χ4n) is 5.01. The van der Waals surface area contributed by atoms with E-state index in [0.717, 1.165) is 24.4 Å². The molecule has 0 aromatic heterocycles. The van der Waals surface area contributed by atoms with Gasteiger partial charge in [0.2, 0.25) is 0 Å². The highest BCUT2D eigenvalue weighted by Crippen LogP contribution is 2.39. The third-order valence-corrected chi connectivity index (χ3v) is 7.55. The van der Waals surface area contributed by atoms with Gasteiger partial charge < -0.3 is 18.9 Å². The number of hydrogen-bond donors (Lipinski definition) is 0. The standard InChI is InChI=1S/C8H12O.2C8H16O.C3H6O.C3H6/c1-2-6-3-4-7-8(5-6)9-7;2*1-7-5-3-4-6-8(7)9-2;1-3-2-4-3;1-3-2/h2,6-8H,1,3-5H2;2*7-8H,3-6H2,1-2H3;3H,2H2,1H3;3H,1H2,2H3. The largest absolute Gasteiger partial charge is 0.381 e. The van der Waals surface area contributed by atoms with Crippen molar-refractivity contribution in [3.63, 3.8) is 0 Å². The van der Waals surface area contributed by atoms with E-state index < -0.39 is 0 Å². The summed E-state index contributed by atoms with van der Waals surface area (Å²) >= 11 is 0. The van der Waals surface area contributed by atoms with Gasteiger partial charge in [-0.3, -0.25) is 0 Å². The van der Waals surface area contributed by atoms with Crippen LogP contribution < -0.4 is 0 Å². The lowest BCUT2D eigenvalue weighted by Crippen LogP contribution is -2.23. The van der Waals surface area contributed by atoms with Crippen LogP contribution in [0.4, 0.5) is 0 Å². The first kappa shape index (κ1) is 31.4. The molecule has 0 bridgehead atoms. The molecule has 4 heteroatoms. The van der Waals surface area contributed by atoms with E-state index in [4.69, 9.17) is 18.9 Å². The summed E-state index contributed by atoms with van der Waals surface area (Å²) in [6.07, 6.45) is 21.4. The summed E-state index contributed by atoms with van der Waals surface area (Å²) in [5.41, 5.74) is 0. The van der Waals surface area contributed by atoms with Gasteiger partial charge in [0.1, 0.15) is 0 Å². The monoisotopic (exact) mass is 480 g/mol. The number of hydrogen-bond acceptors (Lipinski definition) is 4. The smallest absolute Gasteiger partial charge is 0.0847 e. The Bertz CT molecular complexity index is 496. The zero-order chi connectivity index (χ0) is 25.3. The lowest BCUT2D eigenvalue weighted by atomic mass is 9.88. The summed E-state index contributed by atoms with van der Waals surface area (Å²) in [4.78, 5) is 0. The highest BCUT2D eigenvalue weighted by molar-refractivity contribution is 4.96. The molecule has 0 radical (unpaired) electrons. The number of allylic oxidation sites excluding steroid dienone is 2. The van der Waals surface area contributed by atoms with Crippen molar-refractivity contribution in [1.82, 2.24) is 0 Å². The molecule has 0 amide bonds. The van der Waals surface area contributed by atoms with Crippen molar-refractivity contribution in [2.45, 2.75) is 129 Å². The third-order valence-electron chi connectivity index (χ3n) is 7.55. The summed E-state index contributed by atoms with van der Waals surface area (Å²) in [6.45, 7) is 16.6. The molecule has 2 aliphatic heterocycles. The SMILES string of the molecule is C=CC.C=CC1CCC2OC2C1.CC1CO1.COC1CCCCC1C.COC1CCCCC1C. The van der Waals surface area contributed by atoms with Crippen LogP contribution in [0.5, 0.6) is 0 Å². The van der Waals surface area contributed by atoms with Crippen LogP contribution >= 0.6 is 0 Å². The molecule has 4 nitrogen and oxygen atoms in total. The van der Waals surface area contributed by atoms with Gasteiger partial charge in [-0.25, -0.2) is 0 Å². The van der Waals surface area contributed by atoms with Crippen LogP contribution in [0, 0.1) is 17.8 Å². The van der Waals surface area contributed by atoms with Crippen molar-refractivity contribution >= 4 is 0 Å². The molecule has 2 heterocycles. The first-order valence-electron chi connectivity index (χ1n) is 13.9. The van der Waals surface area contributed by atoms with Gasteiger partial charge in [0.05, 0.1) is 37.1 Å². The maximum Gasteiger partial charge on any atom is 0.0847 e. The van der Waals surface area contributed by atoms with Crippen molar-refractivity contribution in [2.75, 3.05) is 20.8 Å². The van der Waals surface area contributed by atoms with Gasteiger partial charge in [-0.2, -0.15) is 0 Å². The van der Waals surface area contributed by atoms with E-state index in [1.54, 1.807) is 6.08 Å². The zero-order valence-electron chi connectivity index (χ0n) is 23.3. The Labute approximate surface area is 211 Å². The number of ether oxygens (including phenoxy) is 4. The van der Waals surface area contributed by atoms with Gasteiger partial charge in [-0.1, -0.05) is 51.7 Å². The molecule has 3 aliphatic carbocycles. The van der Waals surface area contributed by atoms with Gasteiger partial charge in [-0.15, -0.1) is 13.2 Å². The second kappa shape index (κ2) is 18.6. The minimum absolute atomic E-state index is 0.554. The number of epoxide rings is 2. The number of rotatable bonds is 3. The molecule has 5 rings (SSSR count). The molecule has 0 aromatic carbocycles. The van der Waals surface area contributed by atoms with Crippen LogP contribution in [0.1, 0.15) is 98.3 Å². The molecule has 2 saturated heterocycles. The van der Waals surface area contributed by atoms with E-state index in [1.165, 1.54) is 70.6 Å². The first-order valence-corrected chi connectivity index (χ1v) is 13.9. The minimum Gasteiger partial charge on any atom is -0.381 e. The maximum absolute atomic E-state index is 5.36. The fraction of sp³-hybridized carbons (Fsp3) is 0.867. The first-order chi connectivity index (χ1) is 16.4. The van der Waals surface area contributed by atoms with E-state index >= 15 is 0 Å². The van der Waals surface area contributed by atoms with Crippen LogP contribution in [0.15, 0.2) is 25.3 Å². The molecule has 0 N–H and O–H groups in total. The Hall–Kier alpha value is -0.680.